The van der Waals surface area contributed by atoms with Gasteiger partial charge < -0.3 is 15.7 Å². The highest BCUT2D eigenvalue weighted by Gasteiger charge is 2.28. The number of hydrogen-bond donors (Lipinski definition) is 3. The maximum Gasteiger partial charge on any atom is 0.336 e. The van der Waals surface area contributed by atoms with Crippen LogP contribution in [-0.4, -0.2) is 43.1 Å². The summed E-state index contributed by atoms with van der Waals surface area (Å²) in [4.78, 5) is 22.8. The largest absolute Gasteiger partial charge is 0.478 e. The van der Waals surface area contributed by atoms with Crippen LogP contribution < -0.4 is 10.6 Å². The van der Waals surface area contributed by atoms with Crippen molar-refractivity contribution in [2.45, 2.75) is 12.5 Å². The zero-order valence-corrected chi connectivity index (χ0v) is 13.2. The highest BCUT2D eigenvalue weighted by molar-refractivity contribution is 9.10. The number of carbonyl (C=O) groups is 2. The normalized spacial score (nSPS) is 20.0. The van der Waals surface area contributed by atoms with Gasteiger partial charge >= 0.3 is 12.0 Å². The molecule has 3 N–H and O–H groups in total. The Morgan fingerprint density at radius 2 is 2.05 bits per heavy atom. The molecule has 1 aromatic rings. The van der Waals surface area contributed by atoms with Crippen LogP contribution in [0.5, 0.6) is 0 Å². The topological polar surface area (TPSA) is 113 Å². The van der Waals surface area contributed by atoms with Crippen molar-refractivity contribution in [3.8, 4) is 0 Å². The molecule has 0 bridgehead atoms. The third-order valence-electron chi connectivity index (χ3n) is 3.02. The van der Waals surface area contributed by atoms with Gasteiger partial charge in [-0.15, -0.1) is 0 Å². The molecule has 1 aromatic carbocycles. The van der Waals surface area contributed by atoms with Crippen molar-refractivity contribution in [2.75, 3.05) is 16.8 Å². The van der Waals surface area contributed by atoms with Crippen molar-refractivity contribution in [1.82, 2.24) is 5.32 Å². The van der Waals surface area contributed by atoms with Crippen LogP contribution in [0.25, 0.3) is 0 Å². The van der Waals surface area contributed by atoms with Gasteiger partial charge in [-0.3, -0.25) is 0 Å². The molecule has 1 heterocycles. The molecule has 1 aliphatic heterocycles. The molecule has 7 nitrogen and oxygen atoms in total. The number of hydrogen-bond acceptors (Lipinski definition) is 4. The van der Waals surface area contributed by atoms with E-state index in [-0.39, 0.29) is 17.1 Å². The Hall–Kier alpha value is -1.61. The first-order chi connectivity index (χ1) is 9.77. The number of carboxylic acid groups (broad SMARTS) is 1. The van der Waals surface area contributed by atoms with Crippen LogP contribution >= 0.6 is 15.9 Å². The summed E-state index contributed by atoms with van der Waals surface area (Å²) in [5, 5.41) is 14.0. The fraction of sp³-hybridized carbons (Fsp3) is 0.333. The third-order valence-corrected chi connectivity index (χ3v) is 5.48. The highest BCUT2D eigenvalue weighted by atomic mass is 79.9. The lowest BCUT2D eigenvalue weighted by molar-refractivity contribution is 0.0696. The molecule has 9 heteroatoms. The van der Waals surface area contributed by atoms with Crippen molar-refractivity contribution in [3.05, 3.63) is 28.2 Å². The van der Waals surface area contributed by atoms with Gasteiger partial charge in [0.15, 0.2) is 9.84 Å². The van der Waals surface area contributed by atoms with Gasteiger partial charge in [0.05, 0.1) is 17.1 Å². The number of benzene rings is 1. The first-order valence-electron chi connectivity index (χ1n) is 6.07. The second-order valence-electron chi connectivity index (χ2n) is 4.70. The summed E-state index contributed by atoms with van der Waals surface area (Å²) < 4.78 is 23.0. The molecule has 0 radical (unpaired) electrons. The number of halogens is 1. The average molecular weight is 377 g/mol. The molecule has 0 aliphatic carbocycles. The maximum atomic E-state index is 11.8. The van der Waals surface area contributed by atoms with Crippen LogP contribution in [0.2, 0.25) is 0 Å². The van der Waals surface area contributed by atoms with E-state index >= 15 is 0 Å². The predicted molar refractivity (Wildman–Crippen MR) is 80.3 cm³/mol. The summed E-state index contributed by atoms with van der Waals surface area (Å²) in [6, 6.07) is 3.40. The van der Waals surface area contributed by atoms with Crippen LogP contribution in [0.15, 0.2) is 22.7 Å². The van der Waals surface area contributed by atoms with Gasteiger partial charge in [0.1, 0.15) is 0 Å². The summed E-state index contributed by atoms with van der Waals surface area (Å²) in [5.74, 6) is -1.12. The molecule has 0 saturated carbocycles. The fourth-order valence-corrected chi connectivity index (χ4v) is 4.12. The second-order valence-corrected chi connectivity index (χ2v) is 7.78. The Morgan fingerprint density at radius 3 is 2.62 bits per heavy atom. The SMILES string of the molecule is O=C(Nc1ccc(Br)c(C(=O)O)c1)NC1CCS(=O)(=O)C1. The molecule has 21 heavy (non-hydrogen) atoms. The molecular formula is C12H13BrN2O5S. The summed E-state index contributed by atoms with van der Waals surface area (Å²) in [7, 11) is -3.06. The quantitative estimate of drug-likeness (QED) is 0.738. The van der Waals surface area contributed by atoms with E-state index in [2.05, 4.69) is 26.6 Å². The van der Waals surface area contributed by atoms with Crippen LogP contribution in [0, 0.1) is 0 Å². The van der Waals surface area contributed by atoms with Gasteiger partial charge in [0, 0.05) is 16.2 Å². The van der Waals surface area contributed by atoms with Crippen LogP contribution in [0.3, 0.4) is 0 Å². The Morgan fingerprint density at radius 1 is 1.33 bits per heavy atom. The van der Waals surface area contributed by atoms with E-state index in [9.17, 15) is 18.0 Å². The van der Waals surface area contributed by atoms with Crippen LogP contribution in [-0.2, 0) is 9.84 Å². The monoisotopic (exact) mass is 376 g/mol. The predicted octanol–water partition coefficient (Wildman–Crippen LogP) is 1.46. The van der Waals surface area contributed by atoms with E-state index in [1.165, 1.54) is 12.1 Å². The van der Waals surface area contributed by atoms with Crippen LogP contribution in [0.4, 0.5) is 10.5 Å². The lowest BCUT2D eigenvalue weighted by Crippen LogP contribution is -2.38. The molecule has 1 saturated heterocycles. The first kappa shape index (κ1) is 15.8. The minimum absolute atomic E-state index is 0.0243. The van der Waals surface area contributed by atoms with Gasteiger partial charge in [0.25, 0.3) is 0 Å². The Kier molecular flexibility index (Phi) is 4.52. The Balaban J connectivity index is 2.00. The summed E-state index contributed by atoms with van der Waals surface area (Å²) in [6.45, 7) is 0. The number of nitrogens with one attached hydrogen (secondary N) is 2. The molecular weight excluding hydrogens is 364 g/mol. The second kappa shape index (κ2) is 6.02. The van der Waals surface area contributed by atoms with Crippen molar-refractivity contribution >= 4 is 43.5 Å². The Labute approximate surface area is 129 Å². The molecule has 2 rings (SSSR count). The molecule has 1 aliphatic rings. The number of sulfone groups is 1. The summed E-state index contributed by atoms with van der Waals surface area (Å²) in [6.07, 6.45) is 0.385. The number of aromatic carboxylic acids is 1. The van der Waals surface area contributed by atoms with Gasteiger partial charge in [-0.1, -0.05) is 0 Å². The summed E-state index contributed by atoms with van der Waals surface area (Å²) >= 11 is 3.10. The first-order valence-corrected chi connectivity index (χ1v) is 8.69. The number of anilines is 1. The number of carboxylic acids is 1. The lowest BCUT2D eigenvalue weighted by Gasteiger charge is -2.12. The molecule has 1 fully saturated rings. The molecule has 1 unspecified atom stereocenters. The Bertz CT molecular complexity index is 689. The minimum Gasteiger partial charge on any atom is -0.478 e. The van der Waals surface area contributed by atoms with Crippen molar-refractivity contribution in [3.63, 3.8) is 0 Å². The van der Waals surface area contributed by atoms with Crippen molar-refractivity contribution in [2.24, 2.45) is 0 Å². The van der Waals surface area contributed by atoms with Crippen LogP contribution in [0.1, 0.15) is 16.8 Å². The van der Waals surface area contributed by atoms with E-state index in [0.717, 1.165) is 0 Å². The molecule has 2 amide bonds. The zero-order valence-electron chi connectivity index (χ0n) is 10.8. The maximum absolute atomic E-state index is 11.8. The van der Waals surface area contributed by atoms with E-state index in [1.807, 2.05) is 0 Å². The third kappa shape index (κ3) is 4.18. The number of urea groups is 1. The molecule has 0 spiro atoms. The zero-order chi connectivity index (χ0) is 15.6. The van der Waals surface area contributed by atoms with E-state index < -0.39 is 27.9 Å². The van der Waals surface area contributed by atoms with Gasteiger partial charge in [-0.25, -0.2) is 18.0 Å². The van der Waals surface area contributed by atoms with E-state index in [1.54, 1.807) is 6.07 Å². The molecule has 114 valence electrons. The number of rotatable bonds is 3. The minimum atomic E-state index is -3.06. The molecule has 1 atom stereocenters. The van der Waals surface area contributed by atoms with Gasteiger partial charge in [-0.05, 0) is 40.5 Å². The summed E-state index contributed by atoms with van der Waals surface area (Å²) in [5.41, 5.74) is 0.338. The van der Waals surface area contributed by atoms with Gasteiger partial charge in [-0.2, -0.15) is 0 Å². The molecule has 0 aromatic heterocycles. The lowest BCUT2D eigenvalue weighted by atomic mass is 10.2. The standard InChI is InChI=1S/C12H13BrN2O5S/c13-10-2-1-7(5-9(10)11(16)17)14-12(18)15-8-3-4-21(19,20)6-8/h1-2,5,8H,3-4,6H2,(H,16,17)(H2,14,15,18). The average Bonchev–Trinajstić information content (AvgIpc) is 2.70. The smallest absolute Gasteiger partial charge is 0.336 e. The fourth-order valence-electron chi connectivity index (χ4n) is 2.03. The number of amides is 2. The highest BCUT2D eigenvalue weighted by Crippen LogP contribution is 2.21. The van der Waals surface area contributed by atoms with E-state index in [0.29, 0.717) is 16.6 Å². The van der Waals surface area contributed by atoms with Crippen molar-refractivity contribution in [1.29, 1.82) is 0 Å². The van der Waals surface area contributed by atoms with Gasteiger partial charge in [0.2, 0.25) is 0 Å². The van der Waals surface area contributed by atoms with Crippen molar-refractivity contribution < 1.29 is 23.1 Å². The van der Waals surface area contributed by atoms with E-state index in [4.69, 9.17) is 5.11 Å². The number of carbonyl (C=O) groups excluding carboxylic acids is 1.